The molecule has 2 aliphatic heterocycles. The maximum absolute atomic E-state index is 13.5. The van der Waals surface area contributed by atoms with Crippen LogP contribution in [-0.2, 0) is 9.84 Å². The van der Waals surface area contributed by atoms with E-state index in [9.17, 15) is 13.2 Å². The molecule has 4 heterocycles. The highest BCUT2D eigenvalue weighted by molar-refractivity contribution is 7.91. The number of aromatic nitrogens is 2. The highest BCUT2D eigenvalue weighted by Gasteiger charge is 2.35. The zero-order valence-corrected chi connectivity index (χ0v) is 18.7. The van der Waals surface area contributed by atoms with E-state index >= 15 is 0 Å². The minimum absolute atomic E-state index is 0.0238. The van der Waals surface area contributed by atoms with E-state index in [0.717, 1.165) is 10.6 Å². The molecule has 7 nitrogen and oxygen atoms in total. The number of carbonyl (C=O) groups is 1. The number of carbonyl (C=O) groups excluding carboxylic acids is 1. The summed E-state index contributed by atoms with van der Waals surface area (Å²) >= 11 is 1.57. The molecule has 162 valence electrons. The standard InChI is InChI=1S/C22H24N4O3S2/c27-22(25-11-9-24(10-12-25)18-8-14-31(28,29)16-18)19-15-26(17-5-2-1-3-6-17)23-21(19)20-7-4-13-30-20/h1-7,13,15,18H,8-12,14,16H2. The van der Waals surface area contributed by atoms with Crippen LogP contribution in [0, 0.1) is 0 Å². The molecule has 5 rings (SSSR count). The van der Waals surface area contributed by atoms with Crippen molar-refractivity contribution >= 4 is 27.1 Å². The Hall–Kier alpha value is -2.49. The van der Waals surface area contributed by atoms with Crippen molar-refractivity contribution in [2.45, 2.75) is 12.5 Å². The number of hydrogen-bond donors (Lipinski definition) is 0. The molecule has 2 aliphatic rings. The van der Waals surface area contributed by atoms with Gasteiger partial charge in [-0.2, -0.15) is 5.10 Å². The van der Waals surface area contributed by atoms with Crippen LogP contribution >= 0.6 is 11.3 Å². The maximum atomic E-state index is 13.5. The molecule has 1 amide bonds. The van der Waals surface area contributed by atoms with Gasteiger partial charge in [-0.25, -0.2) is 13.1 Å². The van der Waals surface area contributed by atoms with Crippen LogP contribution < -0.4 is 0 Å². The Bertz CT molecular complexity index is 1160. The van der Waals surface area contributed by atoms with Crippen molar-refractivity contribution in [1.82, 2.24) is 19.6 Å². The van der Waals surface area contributed by atoms with E-state index in [1.165, 1.54) is 0 Å². The Morgan fingerprint density at radius 3 is 2.45 bits per heavy atom. The fourth-order valence-electron chi connectivity index (χ4n) is 4.36. The van der Waals surface area contributed by atoms with Gasteiger partial charge in [0.2, 0.25) is 0 Å². The summed E-state index contributed by atoms with van der Waals surface area (Å²) in [5, 5.41) is 6.72. The average Bonchev–Trinajstić information content (AvgIpc) is 3.53. The van der Waals surface area contributed by atoms with E-state index in [4.69, 9.17) is 5.10 Å². The second kappa shape index (κ2) is 8.22. The molecule has 0 saturated carbocycles. The van der Waals surface area contributed by atoms with Gasteiger partial charge in [0.05, 0.1) is 27.6 Å². The van der Waals surface area contributed by atoms with Crippen LogP contribution in [0.25, 0.3) is 16.3 Å². The minimum atomic E-state index is -2.90. The lowest BCUT2D eigenvalue weighted by molar-refractivity contribution is 0.0588. The number of para-hydroxylation sites is 1. The van der Waals surface area contributed by atoms with Crippen molar-refractivity contribution in [3.63, 3.8) is 0 Å². The molecule has 0 aliphatic carbocycles. The number of amides is 1. The van der Waals surface area contributed by atoms with E-state index in [1.807, 2.05) is 58.9 Å². The van der Waals surface area contributed by atoms with Crippen molar-refractivity contribution in [3.8, 4) is 16.3 Å². The average molecular weight is 457 g/mol. The van der Waals surface area contributed by atoms with Crippen molar-refractivity contribution in [1.29, 1.82) is 0 Å². The van der Waals surface area contributed by atoms with Gasteiger partial charge in [0, 0.05) is 38.4 Å². The number of hydrogen-bond acceptors (Lipinski definition) is 6. The summed E-state index contributed by atoms with van der Waals surface area (Å²) < 4.78 is 25.4. The molecular weight excluding hydrogens is 432 g/mol. The Balaban J connectivity index is 1.36. The molecule has 2 saturated heterocycles. The summed E-state index contributed by atoms with van der Waals surface area (Å²) in [6.45, 7) is 2.59. The van der Waals surface area contributed by atoms with E-state index in [0.29, 0.717) is 43.9 Å². The summed E-state index contributed by atoms with van der Waals surface area (Å²) in [7, 11) is -2.90. The van der Waals surface area contributed by atoms with Gasteiger partial charge in [-0.1, -0.05) is 24.3 Å². The summed E-state index contributed by atoms with van der Waals surface area (Å²) in [6.07, 6.45) is 2.52. The monoisotopic (exact) mass is 456 g/mol. The molecule has 0 N–H and O–H groups in total. The fraction of sp³-hybridized carbons (Fsp3) is 0.364. The smallest absolute Gasteiger partial charge is 0.257 e. The summed E-state index contributed by atoms with van der Waals surface area (Å²) in [5.41, 5.74) is 2.21. The van der Waals surface area contributed by atoms with Crippen LogP contribution in [0.3, 0.4) is 0 Å². The van der Waals surface area contributed by atoms with Crippen LogP contribution in [0.2, 0.25) is 0 Å². The second-order valence-electron chi connectivity index (χ2n) is 8.03. The molecule has 9 heteroatoms. The number of piperazine rings is 1. The van der Waals surface area contributed by atoms with Gasteiger partial charge >= 0.3 is 0 Å². The largest absolute Gasteiger partial charge is 0.336 e. The predicted molar refractivity (Wildman–Crippen MR) is 121 cm³/mol. The van der Waals surface area contributed by atoms with E-state index in [2.05, 4.69) is 4.90 Å². The molecular formula is C22H24N4O3S2. The maximum Gasteiger partial charge on any atom is 0.257 e. The first kappa shape index (κ1) is 20.4. The van der Waals surface area contributed by atoms with Crippen LogP contribution in [0.1, 0.15) is 16.8 Å². The van der Waals surface area contributed by atoms with Crippen molar-refractivity contribution in [2.75, 3.05) is 37.7 Å². The number of sulfone groups is 1. The van der Waals surface area contributed by atoms with E-state index in [1.54, 1.807) is 16.0 Å². The van der Waals surface area contributed by atoms with Gasteiger partial charge < -0.3 is 4.90 Å². The molecule has 2 aromatic heterocycles. The molecule has 0 bridgehead atoms. The third-order valence-electron chi connectivity index (χ3n) is 6.05. The predicted octanol–water partition coefficient (Wildman–Crippen LogP) is 2.55. The second-order valence-corrected chi connectivity index (χ2v) is 11.2. The number of thiophene rings is 1. The van der Waals surface area contributed by atoms with E-state index < -0.39 is 9.84 Å². The molecule has 1 atom stereocenters. The first-order valence-corrected chi connectivity index (χ1v) is 13.1. The van der Waals surface area contributed by atoms with E-state index in [-0.39, 0.29) is 23.5 Å². The van der Waals surface area contributed by atoms with Gasteiger partial charge in [0.25, 0.3) is 5.91 Å². The highest BCUT2D eigenvalue weighted by atomic mass is 32.2. The Morgan fingerprint density at radius 2 is 1.81 bits per heavy atom. The Kier molecular flexibility index (Phi) is 5.41. The Morgan fingerprint density at radius 1 is 1.03 bits per heavy atom. The normalized spacial score (nSPS) is 21.4. The molecule has 1 unspecified atom stereocenters. The van der Waals surface area contributed by atoms with Crippen molar-refractivity contribution in [3.05, 3.63) is 59.6 Å². The fourth-order valence-corrected chi connectivity index (χ4v) is 6.85. The topological polar surface area (TPSA) is 75.5 Å². The number of rotatable bonds is 4. The molecule has 2 fully saturated rings. The molecule has 0 spiro atoms. The lowest BCUT2D eigenvalue weighted by atomic mass is 10.1. The van der Waals surface area contributed by atoms with Gasteiger partial charge in [0.15, 0.2) is 9.84 Å². The molecule has 0 radical (unpaired) electrons. The summed E-state index contributed by atoms with van der Waals surface area (Å²) in [6, 6.07) is 13.8. The highest BCUT2D eigenvalue weighted by Crippen LogP contribution is 2.29. The molecule has 31 heavy (non-hydrogen) atoms. The zero-order valence-electron chi connectivity index (χ0n) is 17.1. The lowest BCUT2D eigenvalue weighted by Gasteiger charge is -2.37. The quantitative estimate of drug-likeness (QED) is 0.603. The third kappa shape index (κ3) is 4.17. The molecule has 3 aromatic rings. The zero-order chi connectivity index (χ0) is 21.4. The number of benzene rings is 1. The minimum Gasteiger partial charge on any atom is -0.336 e. The summed E-state index contributed by atoms with van der Waals surface area (Å²) in [4.78, 5) is 18.5. The van der Waals surface area contributed by atoms with Crippen LogP contribution in [0.15, 0.2) is 54.0 Å². The van der Waals surface area contributed by atoms with Crippen molar-refractivity contribution < 1.29 is 13.2 Å². The van der Waals surface area contributed by atoms with Crippen molar-refractivity contribution in [2.24, 2.45) is 0 Å². The van der Waals surface area contributed by atoms with Gasteiger partial charge in [-0.3, -0.25) is 9.69 Å². The van der Waals surface area contributed by atoms with Crippen LogP contribution in [0.5, 0.6) is 0 Å². The SMILES string of the molecule is O=C(c1cn(-c2ccccc2)nc1-c1cccs1)N1CCN(C2CCS(=O)(=O)C2)CC1. The molecule has 1 aromatic carbocycles. The van der Waals surface area contributed by atoms with Gasteiger partial charge in [0.1, 0.15) is 5.69 Å². The van der Waals surface area contributed by atoms with Gasteiger partial charge in [-0.05, 0) is 30.0 Å². The first-order valence-electron chi connectivity index (χ1n) is 10.4. The summed E-state index contributed by atoms with van der Waals surface area (Å²) in [5.74, 6) is 0.497. The third-order valence-corrected chi connectivity index (χ3v) is 8.67. The van der Waals surface area contributed by atoms with Gasteiger partial charge in [-0.15, -0.1) is 11.3 Å². The first-order chi connectivity index (χ1) is 15.0. The number of nitrogens with zero attached hydrogens (tertiary/aromatic N) is 4. The van der Waals surface area contributed by atoms with Crippen LogP contribution in [0.4, 0.5) is 0 Å². The van der Waals surface area contributed by atoms with Crippen LogP contribution in [-0.4, -0.2) is 77.6 Å². The Labute approximate surface area is 185 Å². The lowest BCUT2D eigenvalue weighted by Crippen LogP contribution is -2.52.